The number of hydrogen-bond acceptors (Lipinski definition) is 3. The van der Waals surface area contributed by atoms with Crippen LogP contribution in [0.15, 0.2) is 48.8 Å². The first-order valence-corrected chi connectivity index (χ1v) is 9.48. The first-order valence-electron chi connectivity index (χ1n) is 9.48. The average molecular weight is 416 g/mol. The molecule has 1 saturated carbocycles. The molecule has 9 heteroatoms. The topological polar surface area (TPSA) is 78.1 Å². The van der Waals surface area contributed by atoms with Crippen molar-refractivity contribution in [3.8, 4) is 0 Å². The molecule has 3 aromatic rings. The van der Waals surface area contributed by atoms with Crippen molar-refractivity contribution in [2.45, 2.75) is 31.6 Å². The molecule has 0 bridgehead atoms. The van der Waals surface area contributed by atoms with E-state index in [9.17, 15) is 22.8 Å². The zero-order chi connectivity index (χ0) is 21.3. The molecule has 1 heterocycles. The Balaban J connectivity index is 1.45. The first kappa shape index (κ1) is 19.9. The molecule has 0 unspecified atom stereocenters. The lowest BCUT2D eigenvalue weighted by Crippen LogP contribution is -2.34. The normalized spacial score (nSPS) is 14.0. The van der Waals surface area contributed by atoms with Crippen LogP contribution >= 0.6 is 0 Å². The van der Waals surface area contributed by atoms with Crippen LogP contribution in [-0.4, -0.2) is 45.4 Å². The number of carbonyl (C=O) groups is 2. The minimum absolute atomic E-state index is 0.0963. The Morgan fingerprint density at radius 3 is 2.47 bits per heavy atom. The first-order chi connectivity index (χ1) is 14.3. The second-order valence-corrected chi connectivity index (χ2v) is 7.29. The molecule has 0 saturated heterocycles. The number of aromatic nitrogens is 2. The number of fused-ring (bicyclic) bond motifs is 1. The van der Waals surface area contributed by atoms with Crippen LogP contribution in [0, 0.1) is 0 Å². The average Bonchev–Trinajstić information content (AvgIpc) is 3.45. The van der Waals surface area contributed by atoms with E-state index >= 15 is 0 Å². The van der Waals surface area contributed by atoms with E-state index in [0.29, 0.717) is 12.1 Å². The number of H-pyrrole nitrogens is 1. The van der Waals surface area contributed by atoms with E-state index in [4.69, 9.17) is 0 Å². The smallest absolute Gasteiger partial charge is 0.345 e. The van der Waals surface area contributed by atoms with Crippen molar-refractivity contribution in [2.75, 3.05) is 6.54 Å². The lowest BCUT2D eigenvalue weighted by Gasteiger charge is -2.23. The van der Waals surface area contributed by atoms with Crippen LogP contribution in [0.2, 0.25) is 0 Å². The number of nitrogens with zero attached hydrogens (tertiary/aromatic N) is 2. The summed E-state index contributed by atoms with van der Waals surface area (Å²) in [5, 5.41) is 1.84. The van der Waals surface area contributed by atoms with Gasteiger partial charge in [0.05, 0.1) is 17.4 Å². The highest BCUT2D eigenvalue weighted by molar-refractivity contribution is 5.97. The molecule has 2 aromatic carbocycles. The van der Waals surface area contributed by atoms with Gasteiger partial charge in [-0.05, 0) is 48.7 Å². The molecule has 6 nitrogen and oxygen atoms in total. The molecule has 0 atom stereocenters. The Kier molecular flexibility index (Phi) is 5.19. The molecule has 2 N–H and O–H groups in total. The van der Waals surface area contributed by atoms with E-state index in [1.54, 1.807) is 41.6 Å². The predicted molar refractivity (Wildman–Crippen MR) is 104 cm³/mol. The quantitative estimate of drug-likeness (QED) is 0.644. The number of imidazole rings is 1. The summed E-state index contributed by atoms with van der Waals surface area (Å²) in [7, 11) is 0. The number of hydrogen-bond donors (Lipinski definition) is 2. The molecular weight excluding hydrogens is 397 g/mol. The fraction of sp³-hybridized carbons (Fsp3) is 0.286. The Bertz CT molecular complexity index is 1070. The van der Waals surface area contributed by atoms with E-state index in [1.165, 1.54) is 12.1 Å². The van der Waals surface area contributed by atoms with Gasteiger partial charge in [0.25, 0.3) is 11.8 Å². The van der Waals surface area contributed by atoms with E-state index in [1.807, 2.05) is 5.32 Å². The molecular formula is C21H19F3N4O2. The zero-order valence-electron chi connectivity index (χ0n) is 15.9. The second-order valence-electron chi connectivity index (χ2n) is 7.29. The third kappa shape index (κ3) is 4.61. The number of rotatable bonds is 6. The molecule has 0 radical (unpaired) electrons. The summed E-state index contributed by atoms with van der Waals surface area (Å²) < 4.78 is 36.7. The van der Waals surface area contributed by atoms with Crippen molar-refractivity contribution in [1.82, 2.24) is 20.2 Å². The summed E-state index contributed by atoms with van der Waals surface area (Å²) in [6.45, 7) is -1.02. The number of nitrogens with one attached hydrogen (secondary N) is 2. The monoisotopic (exact) mass is 416 g/mol. The van der Waals surface area contributed by atoms with Gasteiger partial charge in [0.1, 0.15) is 6.54 Å². The van der Waals surface area contributed by atoms with Crippen molar-refractivity contribution in [3.05, 3.63) is 65.5 Å². The van der Waals surface area contributed by atoms with Gasteiger partial charge >= 0.3 is 6.18 Å². The lowest BCUT2D eigenvalue weighted by atomic mass is 10.1. The number of alkyl halides is 3. The number of aromatic amines is 1. The van der Waals surface area contributed by atoms with Gasteiger partial charge in [-0.3, -0.25) is 9.59 Å². The molecule has 0 aliphatic heterocycles. The largest absolute Gasteiger partial charge is 0.405 e. The summed E-state index contributed by atoms with van der Waals surface area (Å²) in [5.41, 5.74) is 3.05. The van der Waals surface area contributed by atoms with Crippen LogP contribution in [0.1, 0.15) is 39.1 Å². The van der Waals surface area contributed by atoms with Crippen LogP contribution in [0.5, 0.6) is 0 Å². The highest BCUT2D eigenvalue weighted by atomic mass is 19.4. The SMILES string of the molecule is O=C(NCC(F)(F)F)c1ccc(CN(C(=O)c2ccc3nc[nH]c3c2)C2CC2)cc1. The van der Waals surface area contributed by atoms with Gasteiger partial charge in [0, 0.05) is 23.7 Å². The molecule has 156 valence electrons. The molecule has 4 rings (SSSR count). The van der Waals surface area contributed by atoms with E-state index in [0.717, 1.165) is 29.4 Å². The molecule has 2 amide bonds. The second kappa shape index (κ2) is 7.81. The van der Waals surface area contributed by atoms with Crippen molar-refractivity contribution < 1.29 is 22.8 Å². The fourth-order valence-corrected chi connectivity index (χ4v) is 3.23. The van der Waals surface area contributed by atoms with Crippen LogP contribution in [-0.2, 0) is 6.54 Å². The summed E-state index contributed by atoms with van der Waals surface area (Å²) >= 11 is 0. The van der Waals surface area contributed by atoms with Crippen LogP contribution in [0.3, 0.4) is 0 Å². The maximum Gasteiger partial charge on any atom is 0.405 e. The molecule has 1 fully saturated rings. The molecule has 30 heavy (non-hydrogen) atoms. The van der Waals surface area contributed by atoms with Crippen molar-refractivity contribution in [1.29, 1.82) is 0 Å². The van der Waals surface area contributed by atoms with Crippen LogP contribution in [0.25, 0.3) is 11.0 Å². The van der Waals surface area contributed by atoms with Gasteiger partial charge in [-0.15, -0.1) is 0 Å². The number of amides is 2. The third-order valence-corrected chi connectivity index (χ3v) is 4.93. The van der Waals surface area contributed by atoms with Gasteiger partial charge in [-0.25, -0.2) is 4.98 Å². The van der Waals surface area contributed by atoms with Crippen molar-refractivity contribution in [3.63, 3.8) is 0 Å². The van der Waals surface area contributed by atoms with Gasteiger partial charge < -0.3 is 15.2 Å². The molecule has 1 aliphatic carbocycles. The van der Waals surface area contributed by atoms with Gasteiger partial charge in [0.2, 0.25) is 0 Å². The minimum Gasteiger partial charge on any atom is -0.345 e. The molecule has 1 aliphatic rings. The Hall–Kier alpha value is -3.36. The van der Waals surface area contributed by atoms with Gasteiger partial charge in [0.15, 0.2) is 0 Å². The highest BCUT2D eigenvalue weighted by Gasteiger charge is 2.33. The lowest BCUT2D eigenvalue weighted by molar-refractivity contribution is -0.123. The minimum atomic E-state index is -4.46. The highest BCUT2D eigenvalue weighted by Crippen LogP contribution is 2.30. The summed E-state index contributed by atoms with van der Waals surface area (Å²) in [6, 6.07) is 11.7. The number of halogens is 3. The Labute approximate surface area is 170 Å². The molecule has 1 aromatic heterocycles. The maximum atomic E-state index is 13.1. The zero-order valence-corrected chi connectivity index (χ0v) is 15.9. The number of benzene rings is 2. The van der Waals surface area contributed by atoms with Crippen LogP contribution in [0.4, 0.5) is 13.2 Å². The Morgan fingerprint density at radius 1 is 1.10 bits per heavy atom. The van der Waals surface area contributed by atoms with Crippen molar-refractivity contribution in [2.24, 2.45) is 0 Å². The maximum absolute atomic E-state index is 13.1. The standard InChI is InChI=1S/C21H19F3N4O2/c22-21(23,24)11-25-19(29)14-3-1-13(2-4-14)10-28(16-6-7-16)20(30)15-5-8-17-18(9-15)27-12-26-17/h1-5,8-9,12,16H,6-7,10-11H2,(H,25,29)(H,26,27). The summed E-state index contributed by atoms with van der Waals surface area (Å²) in [4.78, 5) is 33.8. The van der Waals surface area contributed by atoms with E-state index < -0.39 is 18.6 Å². The van der Waals surface area contributed by atoms with Crippen molar-refractivity contribution >= 4 is 22.8 Å². The van der Waals surface area contributed by atoms with Gasteiger partial charge in [-0.2, -0.15) is 13.2 Å². The fourth-order valence-electron chi connectivity index (χ4n) is 3.23. The Morgan fingerprint density at radius 2 is 1.80 bits per heavy atom. The number of carbonyl (C=O) groups excluding carboxylic acids is 2. The predicted octanol–water partition coefficient (Wildman–Crippen LogP) is 3.66. The third-order valence-electron chi connectivity index (χ3n) is 4.93. The summed E-state index contributed by atoms with van der Waals surface area (Å²) in [6.07, 6.45) is -1.03. The van der Waals surface area contributed by atoms with Crippen LogP contribution < -0.4 is 5.32 Å². The van der Waals surface area contributed by atoms with E-state index in [2.05, 4.69) is 9.97 Å². The molecule has 0 spiro atoms. The van der Waals surface area contributed by atoms with E-state index in [-0.39, 0.29) is 17.5 Å². The van der Waals surface area contributed by atoms with Gasteiger partial charge in [-0.1, -0.05) is 12.1 Å². The summed E-state index contributed by atoms with van der Waals surface area (Å²) in [5.74, 6) is -0.886.